The molecule has 0 saturated carbocycles. The van der Waals surface area contributed by atoms with Crippen molar-refractivity contribution in [1.82, 2.24) is 0 Å². The van der Waals surface area contributed by atoms with E-state index in [1.165, 1.54) is 70.3 Å². The van der Waals surface area contributed by atoms with E-state index in [-0.39, 0.29) is 0 Å². The highest BCUT2D eigenvalue weighted by Gasteiger charge is 2.33. The Morgan fingerprint density at radius 3 is 2.37 bits per heavy atom. The molecule has 1 aliphatic rings. The van der Waals surface area contributed by atoms with Gasteiger partial charge in [0.1, 0.15) is 0 Å². The summed E-state index contributed by atoms with van der Waals surface area (Å²) in [7, 11) is -1.12. The molecule has 0 bridgehead atoms. The van der Waals surface area contributed by atoms with Gasteiger partial charge in [-0.3, -0.25) is 0 Å². The van der Waals surface area contributed by atoms with Gasteiger partial charge in [0.25, 0.3) is 0 Å². The van der Waals surface area contributed by atoms with Crippen molar-refractivity contribution in [2.45, 2.75) is 89.1 Å². The van der Waals surface area contributed by atoms with Crippen LogP contribution in [0.4, 0.5) is 0 Å². The molecule has 0 aromatic rings. The Kier molecular flexibility index (Phi) is 8.72. The van der Waals surface area contributed by atoms with Crippen LogP contribution in [0.5, 0.6) is 0 Å². The summed E-state index contributed by atoms with van der Waals surface area (Å²) in [6.07, 6.45) is 15.7. The van der Waals surface area contributed by atoms with E-state index in [1.54, 1.807) is 0 Å². The van der Waals surface area contributed by atoms with Crippen molar-refractivity contribution < 1.29 is 4.74 Å². The Morgan fingerprint density at radius 1 is 1.05 bits per heavy atom. The maximum Gasteiger partial charge on any atom is 0.0815 e. The first kappa shape index (κ1) is 17.0. The summed E-state index contributed by atoms with van der Waals surface area (Å²) in [4.78, 5) is 0. The summed E-state index contributed by atoms with van der Waals surface area (Å²) in [6.45, 7) is 9.86. The first-order valence-electron chi connectivity index (χ1n) is 8.39. The molecule has 1 heterocycles. The first-order chi connectivity index (χ1) is 9.17. The molecule has 1 nitrogen and oxygen atoms in total. The highest BCUT2D eigenvalue weighted by molar-refractivity contribution is 6.78. The topological polar surface area (TPSA) is 9.23 Å². The molecule has 1 rings (SSSR count). The molecule has 0 N–H and O–H groups in total. The van der Waals surface area contributed by atoms with Gasteiger partial charge in [-0.1, -0.05) is 57.3 Å². The van der Waals surface area contributed by atoms with Gasteiger partial charge < -0.3 is 4.74 Å². The van der Waals surface area contributed by atoms with Crippen molar-refractivity contribution in [1.29, 1.82) is 0 Å². The lowest BCUT2D eigenvalue weighted by Gasteiger charge is -2.35. The first-order valence-corrected chi connectivity index (χ1v) is 11.7. The molecule has 112 valence electrons. The van der Waals surface area contributed by atoms with Crippen LogP contribution >= 0.6 is 0 Å². The van der Waals surface area contributed by atoms with Crippen LogP contribution in [-0.2, 0) is 4.74 Å². The van der Waals surface area contributed by atoms with Crippen LogP contribution < -0.4 is 0 Å². The summed E-state index contributed by atoms with van der Waals surface area (Å²) in [5, 5.41) is 0. The summed E-state index contributed by atoms with van der Waals surface area (Å²) in [5.74, 6) is 0. The molecule has 2 heteroatoms. The summed E-state index contributed by atoms with van der Waals surface area (Å²) in [6, 6.07) is 1.46. The minimum Gasteiger partial charge on any atom is -0.382 e. The normalized spacial score (nSPS) is 20.4. The van der Waals surface area contributed by atoms with Crippen molar-refractivity contribution in [2.75, 3.05) is 6.61 Å². The molecule has 0 aliphatic carbocycles. The van der Waals surface area contributed by atoms with E-state index in [2.05, 4.69) is 19.7 Å². The second kappa shape index (κ2) is 9.76. The molecule has 1 aliphatic heterocycles. The van der Waals surface area contributed by atoms with Gasteiger partial charge >= 0.3 is 0 Å². The zero-order valence-electron chi connectivity index (χ0n) is 13.3. The van der Waals surface area contributed by atoms with Gasteiger partial charge in [0.15, 0.2) is 0 Å². The van der Waals surface area contributed by atoms with Crippen molar-refractivity contribution in [2.24, 2.45) is 0 Å². The number of hydrogen-bond acceptors (Lipinski definition) is 1. The maximum absolute atomic E-state index is 6.02. The molecular weight excluding hydrogens is 248 g/mol. The maximum atomic E-state index is 6.02. The van der Waals surface area contributed by atoms with Crippen molar-refractivity contribution in [3.8, 4) is 0 Å². The predicted octanol–water partition coefficient (Wildman–Crippen LogP) is 5.72. The van der Waals surface area contributed by atoms with Crippen LogP contribution in [0.2, 0.25) is 19.1 Å². The zero-order valence-corrected chi connectivity index (χ0v) is 14.3. The Morgan fingerprint density at radius 2 is 1.74 bits per heavy atom. The van der Waals surface area contributed by atoms with E-state index in [0.717, 1.165) is 6.61 Å². The van der Waals surface area contributed by atoms with Gasteiger partial charge in [0.05, 0.1) is 8.07 Å². The number of hydrogen-bond donors (Lipinski definition) is 0. The molecule has 0 aromatic carbocycles. The van der Waals surface area contributed by atoms with Crippen molar-refractivity contribution in [3.63, 3.8) is 0 Å². The Labute approximate surface area is 121 Å². The molecule has 1 fully saturated rings. The van der Waals surface area contributed by atoms with Crippen LogP contribution in [0.3, 0.4) is 0 Å². The Balaban J connectivity index is 2.02. The van der Waals surface area contributed by atoms with E-state index < -0.39 is 8.07 Å². The number of unbranched alkanes of at least 4 members (excludes halogenated alkanes) is 6. The highest BCUT2D eigenvalue weighted by Crippen LogP contribution is 2.27. The predicted molar refractivity (Wildman–Crippen MR) is 88.4 cm³/mol. The smallest absolute Gasteiger partial charge is 0.0815 e. The SMILES string of the molecule is C=CCCCCCCCC[Si](C)(C)C1CCCCO1. The van der Waals surface area contributed by atoms with Crippen LogP contribution in [0.25, 0.3) is 0 Å². The van der Waals surface area contributed by atoms with E-state index in [9.17, 15) is 0 Å². The second-order valence-corrected chi connectivity index (χ2v) is 11.9. The van der Waals surface area contributed by atoms with Gasteiger partial charge in [-0.25, -0.2) is 0 Å². The minimum atomic E-state index is -1.12. The van der Waals surface area contributed by atoms with Crippen LogP contribution in [0.1, 0.15) is 64.2 Å². The number of allylic oxidation sites excluding steroid dienone is 1. The molecule has 1 atom stereocenters. The van der Waals surface area contributed by atoms with Crippen molar-refractivity contribution >= 4 is 8.07 Å². The van der Waals surface area contributed by atoms with Gasteiger partial charge in [0.2, 0.25) is 0 Å². The molecule has 0 radical (unpaired) electrons. The van der Waals surface area contributed by atoms with Gasteiger partial charge in [-0.2, -0.15) is 0 Å². The molecule has 19 heavy (non-hydrogen) atoms. The monoisotopic (exact) mass is 282 g/mol. The fourth-order valence-electron chi connectivity index (χ4n) is 3.09. The van der Waals surface area contributed by atoms with Gasteiger partial charge in [0, 0.05) is 12.3 Å². The zero-order chi connectivity index (χ0) is 14.0. The Bertz CT molecular complexity index is 231. The number of ether oxygens (including phenoxy) is 1. The molecule has 0 aromatic heterocycles. The largest absolute Gasteiger partial charge is 0.382 e. The van der Waals surface area contributed by atoms with Gasteiger partial charge in [-0.15, -0.1) is 6.58 Å². The highest BCUT2D eigenvalue weighted by atomic mass is 28.3. The van der Waals surface area contributed by atoms with Crippen LogP contribution in [0, 0.1) is 0 Å². The summed E-state index contributed by atoms with van der Waals surface area (Å²) >= 11 is 0. The third-order valence-corrected chi connectivity index (χ3v) is 8.37. The lowest BCUT2D eigenvalue weighted by Crippen LogP contribution is -2.45. The minimum absolute atomic E-state index is 0.647. The van der Waals surface area contributed by atoms with E-state index >= 15 is 0 Å². The van der Waals surface area contributed by atoms with Gasteiger partial charge in [-0.05, 0) is 32.1 Å². The number of rotatable bonds is 10. The molecule has 0 amide bonds. The standard InChI is InChI=1S/C17H34OSi/c1-4-5-6-7-8-9-10-13-16-19(2,3)17-14-11-12-15-18-17/h4,17H,1,5-16H2,2-3H3. The summed E-state index contributed by atoms with van der Waals surface area (Å²) in [5.41, 5.74) is 0.647. The molecule has 1 saturated heterocycles. The fraction of sp³-hybridized carbons (Fsp3) is 0.882. The summed E-state index contributed by atoms with van der Waals surface area (Å²) < 4.78 is 6.02. The van der Waals surface area contributed by atoms with E-state index in [0.29, 0.717) is 5.73 Å². The lowest BCUT2D eigenvalue weighted by atomic mass is 10.1. The molecular formula is C17H34OSi. The second-order valence-electron chi connectivity index (χ2n) is 6.79. The quantitative estimate of drug-likeness (QED) is 0.283. The lowest BCUT2D eigenvalue weighted by molar-refractivity contribution is 0.0597. The third-order valence-electron chi connectivity index (χ3n) is 4.53. The van der Waals surface area contributed by atoms with E-state index in [1.807, 2.05) is 6.08 Å². The fourth-order valence-corrected chi connectivity index (χ4v) is 6.13. The van der Waals surface area contributed by atoms with Crippen molar-refractivity contribution in [3.05, 3.63) is 12.7 Å². The average molecular weight is 283 g/mol. The van der Waals surface area contributed by atoms with Crippen LogP contribution in [-0.4, -0.2) is 20.4 Å². The average Bonchev–Trinajstić information content (AvgIpc) is 2.43. The molecule has 0 spiro atoms. The van der Waals surface area contributed by atoms with Crippen LogP contribution in [0.15, 0.2) is 12.7 Å². The third kappa shape index (κ3) is 7.31. The molecule has 1 unspecified atom stereocenters. The van der Waals surface area contributed by atoms with E-state index in [4.69, 9.17) is 4.74 Å². The Hall–Kier alpha value is -0.0831.